The molecular formula is C8H14N2O3. The van der Waals surface area contributed by atoms with Crippen molar-refractivity contribution < 1.29 is 14.3 Å². The first-order valence-corrected chi connectivity index (χ1v) is 4.15. The number of primary amides is 1. The predicted octanol–water partition coefficient (Wildman–Crippen LogP) is -0.845. The Bertz CT molecular complexity index is 238. The summed E-state index contributed by atoms with van der Waals surface area (Å²) in [5.41, 5.74) is 4.47. The topological polar surface area (TPSA) is 81.4 Å². The van der Waals surface area contributed by atoms with Crippen LogP contribution in [0.4, 0.5) is 0 Å². The molecule has 74 valence electrons. The molecule has 3 N–H and O–H groups in total. The molecule has 0 saturated carbocycles. The van der Waals surface area contributed by atoms with Crippen LogP contribution >= 0.6 is 0 Å². The van der Waals surface area contributed by atoms with Gasteiger partial charge in [-0.05, 0) is 13.8 Å². The molecular weight excluding hydrogens is 172 g/mol. The number of esters is 1. The predicted molar refractivity (Wildman–Crippen MR) is 45.8 cm³/mol. The average molecular weight is 186 g/mol. The molecule has 1 fully saturated rings. The van der Waals surface area contributed by atoms with Crippen LogP contribution in [0.5, 0.6) is 0 Å². The van der Waals surface area contributed by atoms with Crippen LogP contribution in [0, 0.1) is 0 Å². The molecule has 0 aromatic carbocycles. The maximum Gasteiger partial charge on any atom is 0.324 e. The Morgan fingerprint density at radius 3 is 2.85 bits per heavy atom. The van der Waals surface area contributed by atoms with Gasteiger partial charge in [-0.15, -0.1) is 0 Å². The highest BCUT2D eigenvalue weighted by Gasteiger charge is 2.35. The fourth-order valence-electron chi connectivity index (χ4n) is 1.19. The maximum atomic E-state index is 11.3. The lowest BCUT2D eigenvalue weighted by atomic mass is 10.0. The van der Waals surface area contributed by atoms with Crippen molar-refractivity contribution in [3.05, 3.63) is 0 Å². The lowest BCUT2D eigenvalue weighted by molar-refractivity contribution is -0.166. The van der Waals surface area contributed by atoms with Crippen LogP contribution in [0.15, 0.2) is 0 Å². The minimum atomic E-state index is -0.578. The van der Waals surface area contributed by atoms with Crippen molar-refractivity contribution in [1.29, 1.82) is 0 Å². The Balaban J connectivity index is 2.54. The van der Waals surface area contributed by atoms with E-state index in [2.05, 4.69) is 5.32 Å². The fourth-order valence-corrected chi connectivity index (χ4v) is 1.19. The molecule has 1 aliphatic rings. The van der Waals surface area contributed by atoms with E-state index in [0.717, 1.165) is 0 Å². The van der Waals surface area contributed by atoms with E-state index >= 15 is 0 Å². The molecule has 1 unspecified atom stereocenters. The molecule has 0 radical (unpaired) electrons. The summed E-state index contributed by atoms with van der Waals surface area (Å²) in [6.45, 7) is 4.15. The number of ether oxygens (including phenoxy) is 1. The van der Waals surface area contributed by atoms with Crippen molar-refractivity contribution in [3.63, 3.8) is 0 Å². The number of nitrogens with two attached hydrogens (primary N) is 1. The highest BCUT2D eigenvalue weighted by atomic mass is 16.6. The molecule has 0 spiro atoms. The van der Waals surface area contributed by atoms with Gasteiger partial charge in [0.05, 0.1) is 6.42 Å². The van der Waals surface area contributed by atoms with Gasteiger partial charge in [-0.25, -0.2) is 0 Å². The summed E-state index contributed by atoms with van der Waals surface area (Å²) in [7, 11) is 0. The van der Waals surface area contributed by atoms with E-state index in [-0.39, 0.29) is 6.42 Å². The first-order valence-electron chi connectivity index (χ1n) is 4.15. The summed E-state index contributed by atoms with van der Waals surface area (Å²) in [6, 6.07) is -0.578. The Morgan fingerprint density at radius 2 is 2.38 bits per heavy atom. The Kier molecular flexibility index (Phi) is 2.56. The van der Waals surface area contributed by atoms with Gasteiger partial charge in [0.1, 0.15) is 11.6 Å². The number of morpholine rings is 1. The van der Waals surface area contributed by atoms with Gasteiger partial charge in [-0.1, -0.05) is 0 Å². The number of hydrogen-bond acceptors (Lipinski definition) is 4. The fraction of sp³-hybridized carbons (Fsp3) is 0.750. The third kappa shape index (κ3) is 2.69. The van der Waals surface area contributed by atoms with Crippen molar-refractivity contribution >= 4 is 11.9 Å². The van der Waals surface area contributed by atoms with Crippen molar-refractivity contribution in [2.24, 2.45) is 5.73 Å². The van der Waals surface area contributed by atoms with Gasteiger partial charge < -0.3 is 10.5 Å². The molecule has 1 aliphatic heterocycles. The second-order valence-corrected chi connectivity index (χ2v) is 3.78. The van der Waals surface area contributed by atoms with Crippen molar-refractivity contribution in [2.75, 3.05) is 6.54 Å². The zero-order valence-corrected chi connectivity index (χ0v) is 7.79. The normalized spacial score (nSPS) is 26.6. The van der Waals surface area contributed by atoms with Crippen LogP contribution in [0.25, 0.3) is 0 Å². The standard InChI is InChI=1S/C8H14N2O3/c1-8(2)4-10-5(3-6(9)11)7(12)13-8/h5,10H,3-4H2,1-2H3,(H2,9,11). The van der Waals surface area contributed by atoms with Gasteiger partial charge in [0.2, 0.25) is 5.91 Å². The maximum absolute atomic E-state index is 11.3. The van der Waals surface area contributed by atoms with Crippen molar-refractivity contribution in [1.82, 2.24) is 5.32 Å². The van der Waals surface area contributed by atoms with Gasteiger partial charge >= 0.3 is 5.97 Å². The van der Waals surface area contributed by atoms with E-state index in [0.29, 0.717) is 6.54 Å². The molecule has 1 atom stereocenters. The molecule has 0 aliphatic carbocycles. The second-order valence-electron chi connectivity index (χ2n) is 3.78. The number of carbonyl (C=O) groups excluding carboxylic acids is 2. The summed E-state index contributed by atoms with van der Waals surface area (Å²) < 4.78 is 5.08. The lowest BCUT2D eigenvalue weighted by Gasteiger charge is -2.34. The minimum absolute atomic E-state index is 0.00505. The van der Waals surface area contributed by atoms with E-state index in [9.17, 15) is 9.59 Å². The zero-order chi connectivity index (χ0) is 10.1. The largest absolute Gasteiger partial charge is 0.457 e. The third-order valence-electron chi connectivity index (χ3n) is 1.84. The summed E-state index contributed by atoms with van der Waals surface area (Å²) in [6.07, 6.45) is -0.00505. The second kappa shape index (κ2) is 3.33. The smallest absolute Gasteiger partial charge is 0.324 e. The van der Waals surface area contributed by atoms with Gasteiger partial charge in [0, 0.05) is 6.54 Å². The van der Waals surface area contributed by atoms with E-state index in [1.165, 1.54) is 0 Å². The van der Waals surface area contributed by atoms with Gasteiger partial charge in [-0.2, -0.15) is 0 Å². The van der Waals surface area contributed by atoms with Crippen LogP contribution < -0.4 is 11.1 Å². The van der Waals surface area contributed by atoms with E-state index < -0.39 is 23.5 Å². The average Bonchev–Trinajstić information content (AvgIpc) is 1.93. The summed E-state index contributed by atoms with van der Waals surface area (Å²) in [4.78, 5) is 21.8. The van der Waals surface area contributed by atoms with Crippen LogP contribution in [-0.2, 0) is 14.3 Å². The number of amides is 1. The van der Waals surface area contributed by atoms with Gasteiger partial charge in [-0.3, -0.25) is 14.9 Å². The quantitative estimate of drug-likeness (QED) is 0.551. The highest BCUT2D eigenvalue weighted by molar-refractivity contribution is 5.85. The molecule has 1 heterocycles. The molecule has 0 bridgehead atoms. The molecule has 1 amide bonds. The number of nitrogens with one attached hydrogen (secondary N) is 1. The zero-order valence-electron chi connectivity index (χ0n) is 7.79. The Hall–Kier alpha value is -1.10. The van der Waals surface area contributed by atoms with E-state index in [4.69, 9.17) is 10.5 Å². The molecule has 1 rings (SSSR count). The molecule has 0 aromatic heterocycles. The molecule has 5 heteroatoms. The van der Waals surface area contributed by atoms with Crippen molar-refractivity contribution in [3.8, 4) is 0 Å². The molecule has 0 aromatic rings. The lowest BCUT2D eigenvalue weighted by Crippen LogP contribution is -2.55. The monoisotopic (exact) mass is 186 g/mol. The van der Waals surface area contributed by atoms with Gasteiger partial charge in [0.15, 0.2) is 0 Å². The Morgan fingerprint density at radius 1 is 1.77 bits per heavy atom. The van der Waals surface area contributed by atoms with Crippen LogP contribution in [0.2, 0.25) is 0 Å². The SMILES string of the molecule is CC1(C)CNC(CC(N)=O)C(=O)O1. The molecule has 13 heavy (non-hydrogen) atoms. The first kappa shape index (κ1) is 9.98. The minimum Gasteiger partial charge on any atom is -0.457 e. The molecule has 5 nitrogen and oxygen atoms in total. The van der Waals surface area contributed by atoms with E-state index in [1.54, 1.807) is 13.8 Å². The number of hydrogen-bond donors (Lipinski definition) is 2. The van der Waals surface area contributed by atoms with E-state index in [1.807, 2.05) is 0 Å². The van der Waals surface area contributed by atoms with Crippen LogP contribution in [0.3, 0.4) is 0 Å². The number of cyclic esters (lactones) is 1. The Labute approximate surface area is 76.6 Å². The van der Waals surface area contributed by atoms with Crippen molar-refractivity contribution in [2.45, 2.75) is 31.9 Å². The molecule has 1 saturated heterocycles. The van der Waals surface area contributed by atoms with Crippen LogP contribution in [-0.4, -0.2) is 30.1 Å². The number of carbonyl (C=O) groups is 2. The summed E-state index contributed by atoms with van der Waals surface area (Å²) in [5, 5.41) is 2.92. The third-order valence-corrected chi connectivity index (χ3v) is 1.84. The van der Waals surface area contributed by atoms with Crippen LogP contribution in [0.1, 0.15) is 20.3 Å². The summed E-state index contributed by atoms with van der Waals surface area (Å²) >= 11 is 0. The number of rotatable bonds is 2. The summed E-state index contributed by atoms with van der Waals surface area (Å²) in [5.74, 6) is -0.913. The van der Waals surface area contributed by atoms with Gasteiger partial charge in [0.25, 0.3) is 0 Å². The highest BCUT2D eigenvalue weighted by Crippen LogP contribution is 2.15. The first-order chi connectivity index (χ1) is 5.91.